The number of benzene rings is 1. The van der Waals surface area contributed by atoms with E-state index in [4.69, 9.17) is 5.73 Å². The standard InChI is InChI=1S/C14H16F3N3O2/c1-2-5-9-8-13(22,14(15,16)17)20(19-9)12(21)10-6-3-4-7-11(10)18/h3-4,6-7,22H,2,5,8,18H2,1H3/t13-/m1/s1. The van der Waals surface area contributed by atoms with Crippen molar-refractivity contribution in [2.24, 2.45) is 5.10 Å². The second-order valence-electron chi connectivity index (χ2n) is 5.11. The zero-order valence-electron chi connectivity index (χ0n) is 11.9. The van der Waals surface area contributed by atoms with E-state index in [0.717, 1.165) is 0 Å². The first kappa shape index (κ1) is 16.3. The van der Waals surface area contributed by atoms with Crippen LogP contribution in [0.2, 0.25) is 0 Å². The van der Waals surface area contributed by atoms with Gasteiger partial charge in [0.25, 0.3) is 11.6 Å². The highest BCUT2D eigenvalue weighted by atomic mass is 19.4. The first-order chi connectivity index (χ1) is 10.2. The first-order valence-corrected chi connectivity index (χ1v) is 6.75. The summed E-state index contributed by atoms with van der Waals surface area (Å²) in [7, 11) is 0. The number of hydrogen-bond acceptors (Lipinski definition) is 4. The average Bonchev–Trinajstić information content (AvgIpc) is 2.77. The number of halogens is 3. The van der Waals surface area contributed by atoms with Crippen molar-refractivity contribution in [3.8, 4) is 0 Å². The van der Waals surface area contributed by atoms with E-state index in [0.29, 0.717) is 6.42 Å². The van der Waals surface area contributed by atoms with Crippen molar-refractivity contribution in [1.82, 2.24) is 5.01 Å². The Balaban J connectivity index is 2.44. The van der Waals surface area contributed by atoms with Crippen molar-refractivity contribution < 1.29 is 23.1 Å². The minimum atomic E-state index is -5.02. The number of amides is 1. The van der Waals surface area contributed by atoms with E-state index < -0.39 is 24.2 Å². The molecule has 1 atom stereocenters. The molecule has 1 amide bonds. The Kier molecular flexibility index (Phi) is 4.15. The molecule has 0 spiro atoms. The van der Waals surface area contributed by atoms with E-state index in [-0.39, 0.29) is 28.4 Å². The minimum absolute atomic E-state index is 0.0242. The number of nitrogens with two attached hydrogens (primary N) is 1. The number of para-hydroxylation sites is 1. The third kappa shape index (κ3) is 2.66. The van der Waals surface area contributed by atoms with Crippen LogP contribution in [0.25, 0.3) is 0 Å². The lowest BCUT2D eigenvalue weighted by Crippen LogP contribution is -2.56. The average molecular weight is 315 g/mol. The van der Waals surface area contributed by atoms with Gasteiger partial charge in [-0.05, 0) is 18.6 Å². The fourth-order valence-electron chi connectivity index (χ4n) is 2.29. The molecule has 3 N–H and O–H groups in total. The molecule has 2 rings (SSSR count). The monoisotopic (exact) mass is 315 g/mol. The van der Waals surface area contributed by atoms with Crippen LogP contribution in [0.5, 0.6) is 0 Å². The lowest BCUT2D eigenvalue weighted by molar-refractivity contribution is -0.297. The lowest BCUT2D eigenvalue weighted by atomic mass is 10.0. The van der Waals surface area contributed by atoms with E-state index in [2.05, 4.69) is 5.10 Å². The van der Waals surface area contributed by atoms with Gasteiger partial charge in [-0.2, -0.15) is 23.3 Å². The van der Waals surface area contributed by atoms with Crippen LogP contribution in [0.4, 0.5) is 18.9 Å². The molecule has 0 saturated carbocycles. The van der Waals surface area contributed by atoms with Gasteiger partial charge in [-0.3, -0.25) is 4.79 Å². The van der Waals surface area contributed by atoms with Crippen LogP contribution >= 0.6 is 0 Å². The second kappa shape index (κ2) is 5.60. The van der Waals surface area contributed by atoms with E-state index in [1.54, 1.807) is 13.0 Å². The van der Waals surface area contributed by atoms with Crippen molar-refractivity contribution in [3.63, 3.8) is 0 Å². The second-order valence-corrected chi connectivity index (χ2v) is 5.11. The molecule has 0 unspecified atom stereocenters. The van der Waals surface area contributed by atoms with Crippen LogP contribution in [0.1, 0.15) is 36.5 Å². The summed E-state index contributed by atoms with van der Waals surface area (Å²) in [6.07, 6.45) is -4.94. The third-order valence-electron chi connectivity index (χ3n) is 3.42. The summed E-state index contributed by atoms with van der Waals surface area (Å²) in [6, 6.07) is 5.72. The Morgan fingerprint density at radius 1 is 1.45 bits per heavy atom. The van der Waals surface area contributed by atoms with Gasteiger partial charge in [0, 0.05) is 17.8 Å². The maximum atomic E-state index is 13.2. The Labute approximate surface area is 125 Å². The summed E-state index contributed by atoms with van der Waals surface area (Å²) < 4.78 is 39.7. The zero-order chi connectivity index (χ0) is 16.5. The molecule has 1 aromatic rings. The fourth-order valence-corrected chi connectivity index (χ4v) is 2.29. The van der Waals surface area contributed by atoms with Crippen molar-refractivity contribution in [2.75, 3.05) is 5.73 Å². The molecule has 0 saturated heterocycles. The fraction of sp³-hybridized carbons (Fsp3) is 0.429. The molecule has 0 radical (unpaired) electrons. The van der Waals surface area contributed by atoms with Gasteiger partial charge < -0.3 is 10.8 Å². The summed E-state index contributed by atoms with van der Waals surface area (Å²) in [5.41, 5.74) is 2.31. The maximum absolute atomic E-state index is 13.2. The molecule has 0 aliphatic carbocycles. The number of aliphatic hydroxyl groups is 1. The molecular formula is C14H16F3N3O2. The smallest absolute Gasteiger partial charge is 0.398 e. The highest BCUT2D eigenvalue weighted by Crippen LogP contribution is 2.41. The summed E-state index contributed by atoms with van der Waals surface area (Å²) in [6.45, 7) is 1.77. The highest BCUT2D eigenvalue weighted by Gasteiger charge is 2.63. The highest BCUT2D eigenvalue weighted by molar-refractivity contribution is 6.01. The number of carbonyl (C=O) groups is 1. The van der Waals surface area contributed by atoms with Gasteiger partial charge in [0.15, 0.2) is 0 Å². The molecule has 22 heavy (non-hydrogen) atoms. The number of hydrogen-bond donors (Lipinski definition) is 2. The van der Waals surface area contributed by atoms with Crippen molar-refractivity contribution in [3.05, 3.63) is 29.8 Å². The summed E-state index contributed by atoms with van der Waals surface area (Å²) >= 11 is 0. The third-order valence-corrected chi connectivity index (χ3v) is 3.42. The number of alkyl halides is 3. The van der Waals surface area contributed by atoms with Crippen molar-refractivity contribution >= 4 is 17.3 Å². The van der Waals surface area contributed by atoms with Crippen LogP contribution in [0, 0.1) is 0 Å². The van der Waals surface area contributed by atoms with Gasteiger partial charge >= 0.3 is 6.18 Å². The molecular weight excluding hydrogens is 299 g/mol. The molecule has 1 heterocycles. The summed E-state index contributed by atoms with van der Waals surface area (Å²) in [5, 5.41) is 13.8. The van der Waals surface area contributed by atoms with Gasteiger partial charge in [0.1, 0.15) is 0 Å². The molecule has 1 aliphatic rings. The summed E-state index contributed by atoms with van der Waals surface area (Å²) in [5.74, 6) is -1.08. The lowest BCUT2D eigenvalue weighted by Gasteiger charge is -2.32. The maximum Gasteiger partial charge on any atom is 0.438 e. The van der Waals surface area contributed by atoms with Gasteiger partial charge in [-0.25, -0.2) is 0 Å². The van der Waals surface area contributed by atoms with Gasteiger partial charge in [0.2, 0.25) is 0 Å². The van der Waals surface area contributed by atoms with Gasteiger partial charge in [-0.15, -0.1) is 0 Å². The van der Waals surface area contributed by atoms with Crippen molar-refractivity contribution in [1.29, 1.82) is 0 Å². The SMILES string of the molecule is CCCC1=NN(C(=O)c2ccccc2N)[C@](O)(C(F)(F)F)C1. The normalized spacial score (nSPS) is 21.9. The number of anilines is 1. The number of rotatable bonds is 3. The largest absolute Gasteiger partial charge is 0.438 e. The van der Waals surface area contributed by atoms with E-state index >= 15 is 0 Å². The number of nitrogens with zero attached hydrogens (tertiary/aromatic N) is 2. The topological polar surface area (TPSA) is 78.9 Å². The number of carbonyl (C=O) groups excluding carboxylic acids is 1. The quantitative estimate of drug-likeness (QED) is 0.841. The van der Waals surface area contributed by atoms with Crippen LogP contribution in [0.15, 0.2) is 29.4 Å². The molecule has 8 heteroatoms. The van der Waals surface area contributed by atoms with Crippen LogP contribution in [-0.2, 0) is 0 Å². The predicted molar refractivity (Wildman–Crippen MR) is 75.0 cm³/mol. The molecule has 0 aromatic heterocycles. The van der Waals surface area contributed by atoms with Crippen LogP contribution in [-0.4, -0.2) is 33.6 Å². The molecule has 120 valence electrons. The van der Waals surface area contributed by atoms with Gasteiger partial charge in [-0.1, -0.05) is 25.5 Å². The molecule has 1 aromatic carbocycles. The van der Waals surface area contributed by atoms with E-state index in [1.165, 1.54) is 18.2 Å². The molecule has 0 fully saturated rings. The van der Waals surface area contributed by atoms with Gasteiger partial charge in [0.05, 0.1) is 5.56 Å². The van der Waals surface area contributed by atoms with Crippen LogP contribution in [0.3, 0.4) is 0 Å². The number of nitrogen functional groups attached to an aromatic ring is 1. The first-order valence-electron chi connectivity index (χ1n) is 6.75. The predicted octanol–water partition coefficient (Wildman–Crippen LogP) is 2.52. The number of hydrazone groups is 1. The van der Waals surface area contributed by atoms with Crippen LogP contribution < -0.4 is 5.73 Å². The van der Waals surface area contributed by atoms with Crippen molar-refractivity contribution in [2.45, 2.75) is 38.1 Å². The molecule has 1 aliphatic heterocycles. The molecule has 0 bridgehead atoms. The molecule has 5 nitrogen and oxygen atoms in total. The minimum Gasteiger partial charge on any atom is -0.398 e. The Hall–Kier alpha value is -2.09. The Morgan fingerprint density at radius 3 is 2.64 bits per heavy atom. The van der Waals surface area contributed by atoms with E-state index in [9.17, 15) is 23.1 Å². The Bertz CT molecular complexity index is 616. The van der Waals surface area contributed by atoms with E-state index in [1.807, 2.05) is 0 Å². The Morgan fingerprint density at radius 2 is 2.09 bits per heavy atom. The summed E-state index contributed by atoms with van der Waals surface area (Å²) in [4.78, 5) is 12.4. The zero-order valence-corrected chi connectivity index (χ0v) is 11.9.